The highest BCUT2D eigenvalue weighted by atomic mass is 19.1. The van der Waals surface area contributed by atoms with Crippen LogP contribution in [0, 0.1) is 30.1 Å². The number of halogens is 3. The molecule has 2 aromatic heterocycles. The van der Waals surface area contributed by atoms with Crippen molar-refractivity contribution in [2.24, 2.45) is 17.8 Å². The zero-order valence-electron chi connectivity index (χ0n) is 44.0. The van der Waals surface area contributed by atoms with Gasteiger partial charge in [-0.25, -0.2) is 9.36 Å². The Morgan fingerprint density at radius 1 is 0.720 bits per heavy atom. The van der Waals surface area contributed by atoms with E-state index >= 15 is 0 Å². The number of ether oxygens (including phenoxy) is 12. The van der Waals surface area contributed by atoms with Crippen LogP contribution in [-0.2, 0) is 82.6 Å². The Bertz CT molecular complexity index is 2440. The number of alkyl halides is 3. The van der Waals surface area contributed by atoms with Gasteiger partial charge in [0.15, 0.2) is 47.7 Å². The Morgan fingerprint density at radius 3 is 1.72 bits per heavy atom. The summed E-state index contributed by atoms with van der Waals surface area (Å²) in [4.78, 5) is 77.2. The van der Waals surface area contributed by atoms with Crippen molar-refractivity contribution in [3.05, 3.63) is 20.8 Å². The van der Waals surface area contributed by atoms with E-state index in [9.17, 15) is 41.9 Å². The van der Waals surface area contributed by atoms with E-state index in [4.69, 9.17) is 63.3 Å². The molecule has 0 bridgehead atoms. The number of anilines is 1. The minimum absolute atomic E-state index is 0.0241. The Balaban J connectivity index is 0.000000175. The number of nitrogens with one attached hydrogen (secondary N) is 2. The largest absolute Gasteiger partial charge is 0.458 e. The summed E-state index contributed by atoms with van der Waals surface area (Å²) in [7, 11) is 0. The molecule has 0 aromatic carbocycles. The molecular formula is C49H70F3N5O18. The van der Waals surface area contributed by atoms with Gasteiger partial charge in [-0.05, 0) is 27.7 Å². The van der Waals surface area contributed by atoms with Gasteiger partial charge in [-0.1, -0.05) is 26.7 Å². The molecule has 9 heterocycles. The van der Waals surface area contributed by atoms with Gasteiger partial charge in [0, 0.05) is 71.1 Å². The highest BCUT2D eigenvalue weighted by Gasteiger charge is 2.53. The van der Waals surface area contributed by atoms with Crippen molar-refractivity contribution < 1.29 is 89.2 Å². The first kappa shape index (κ1) is 59.3. The van der Waals surface area contributed by atoms with Crippen molar-refractivity contribution in [2.45, 2.75) is 200 Å². The zero-order valence-corrected chi connectivity index (χ0v) is 44.0. The lowest BCUT2D eigenvalue weighted by molar-refractivity contribution is -0.209. The van der Waals surface area contributed by atoms with E-state index in [1.54, 1.807) is 13.8 Å². The van der Waals surface area contributed by atoms with Crippen LogP contribution in [0.1, 0.15) is 108 Å². The number of aromatic amines is 1. The molecule has 16 atom stereocenters. The lowest BCUT2D eigenvalue weighted by Gasteiger charge is -2.22. The number of hydrogen-bond acceptors (Lipinski definition) is 19. The number of terminal acetylenes is 1. The van der Waals surface area contributed by atoms with E-state index in [-0.39, 0.29) is 85.6 Å². The quantitative estimate of drug-likeness (QED) is 0.124. The lowest BCUT2D eigenvalue weighted by Crippen LogP contribution is -2.33. The molecule has 0 radical (unpaired) electrons. The number of aromatic nitrogens is 4. The number of hydrogen-bond donors (Lipinski definition) is 2. The van der Waals surface area contributed by atoms with Crippen molar-refractivity contribution in [3.8, 4) is 12.3 Å². The SMILES string of the molecule is C#CCn1c(=O)n([C@@H]2O[C@H]([C@@H](C)CF)C[C@H]2OC(C)=O)c2nc(NC(C)=O)[nH]c(=O)c21.CC(=O)OC1O[C@H]([C@@H](C)CF)C[C@H]1OC(C)=O.CC1(C)O[C@H]2O[C@H]([C@@H]3CO3)C[C@H]2O1.C[C@@H](CF)[C@@H]1C[C@H]2OC(C)(C)O[C@H]2O1. The summed E-state index contributed by atoms with van der Waals surface area (Å²) in [5, 5.41) is 2.35. The number of carbonyl (C=O) groups excluding carboxylic acids is 4. The molecule has 1 unspecified atom stereocenters. The van der Waals surface area contributed by atoms with Crippen molar-refractivity contribution in [2.75, 3.05) is 31.9 Å². The van der Waals surface area contributed by atoms with Gasteiger partial charge >= 0.3 is 23.6 Å². The fourth-order valence-electron chi connectivity index (χ4n) is 9.31. The molecule has 23 nitrogen and oxygen atoms in total. The Hall–Kier alpha value is -4.98. The second-order valence-corrected chi connectivity index (χ2v) is 20.4. The molecule has 2 N–H and O–H groups in total. The van der Waals surface area contributed by atoms with Gasteiger partial charge in [0.2, 0.25) is 18.1 Å². The third-order valence-electron chi connectivity index (χ3n) is 12.9. The normalized spacial score (nSPS) is 32.6. The summed E-state index contributed by atoms with van der Waals surface area (Å²) >= 11 is 0. The van der Waals surface area contributed by atoms with E-state index in [1.165, 1.54) is 27.7 Å². The van der Waals surface area contributed by atoms with E-state index in [2.05, 4.69) is 21.2 Å². The lowest BCUT2D eigenvalue weighted by atomic mass is 10.0. The van der Waals surface area contributed by atoms with E-state index in [1.807, 2.05) is 34.6 Å². The van der Waals surface area contributed by atoms with Crippen molar-refractivity contribution >= 4 is 40.9 Å². The summed E-state index contributed by atoms with van der Waals surface area (Å²) < 4.78 is 106. The molecule has 0 aliphatic carbocycles. The molecule has 9 rings (SSSR count). The minimum Gasteiger partial charge on any atom is -0.458 e. The van der Waals surface area contributed by atoms with Gasteiger partial charge in [-0.3, -0.25) is 52.0 Å². The fourth-order valence-corrected chi connectivity index (χ4v) is 9.31. The number of esters is 3. The van der Waals surface area contributed by atoms with Crippen LogP contribution in [0.4, 0.5) is 19.1 Å². The van der Waals surface area contributed by atoms with Crippen LogP contribution in [-0.4, -0.2) is 155 Å². The number of rotatable bonds is 13. The number of epoxide rings is 1. The summed E-state index contributed by atoms with van der Waals surface area (Å²) in [6.45, 7) is 16.7. The third kappa shape index (κ3) is 15.2. The first-order valence-electron chi connectivity index (χ1n) is 24.9. The van der Waals surface area contributed by atoms with Crippen LogP contribution in [0.3, 0.4) is 0 Å². The first-order chi connectivity index (χ1) is 35.3. The van der Waals surface area contributed by atoms with Crippen molar-refractivity contribution in [1.29, 1.82) is 0 Å². The molecule has 75 heavy (non-hydrogen) atoms. The van der Waals surface area contributed by atoms with Crippen LogP contribution in [0.15, 0.2) is 9.59 Å². The molecule has 420 valence electrons. The number of nitrogens with zero attached hydrogens (tertiary/aromatic N) is 3. The Labute approximate surface area is 431 Å². The fraction of sp³-hybridized carbons (Fsp3) is 0.776. The number of fused-ring (bicyclic) bond motifs is 3. The van der Waals surface area contributed by atoms with Gasteiger partial charge in [0.05, 0.1) is 57.6 Å². The van der Waals surface area contributed by atoms with Gasteiger partial charge < -0.3 is 56.8 Å². The average molecular weight is 1070 g/mol. The standard InChI is InChI=1S/C19H22FN5O6.C11H17FO5.C10H17FO3.C9H14O4/c1-5-6-24-14-15(22-18(21-10(3)26)23-16(14)28)25(19(24)29)17-13(30-11(4)27)7-12(31-17)9(2)8-20;1-6(5-12)9-4-10(15-7(2)13)11(17-9)16-8(3)14;1-6(5-11)7-4-8-9(12-7)14-10(2,3)13-8;1-9(2)12-6-3-5(7-4-10-7)11-8(6)13-9/h1,9,12-13,17H,6-8H2,2-4H3,(H2,21,22,23,26,28);6,9-11H,4-5H2,1-3H3;6-9H,4-5H2,1-3H3;5-8H,3-4H2,1-2H3/t9-,12-,13+,17+;6-,9-,10+,11?;6-,7-,8+,9+;5-,6+,7-,8+/m0000/s1. The molecule has 1 amide bonds. The maximum absolute atomic E-state index is 13.2. The first-order valence-corrected chi connectivity index (χ1v) is 24.9. The second-order valence-electron chi connectivity index (χ2n) is 20.4. The highest BCUT2D eigenvalue weighted by Crippen LogP contribution is 2.41. The van der Waals surface area contributed by atoms with Crippen LogP contribution in [0.2, 0.25) is 0 Å². The predicted octanol–water partition coefficient (Wildman–Crippen LogP) is 4.01. The zero-order chi connectivity index (χ0) is 55.3. The van der Waals surface area contributed by atoms with E-state index in [0.29, 0.717) is 12.5 Å². The monoisotopic (exact) mass is 1070 g/mol. The van der Waals surface area contributed by atoms with Gasteiger partial charge in [0.1, 0.15) is 24.4 Å². The number of H-pyrrole nitrogens is 1. The maximum atomic E-state index is 13.2. The second kappa shape index (κ2) is 25.0. The molecule has 7 aliphatic heterocycles. The number of imidazole rings is 1. The third-order valence-corrected chi connectivity index (χ3v) is 12.9. The topological polar surface area (TPSA) is 267 Å². The number of carbonyl (C=O) groups is 4. The smallest absolute Gasteiger partial charge is 0.333 e. The van der Waals surface area contributed by atoms with Crippen LogP contribution in [0.25, 0.3) is 11.2 Å². The van der Waals surface area contributed by atoms with Crippen LogP contribution >= 0.6 is 0 Å². The van der Waals surface area contributed by atoms with Crippen molar-refractivity contribution in [3.63, 3.8) is 0 Å². The summed E-state index contributed by atoms with van der Waals surface area (Å²) in [5.41, 5.74) is -1.69. The van der Waals surface area contributed by atoms with Gasteiger partial charge in [-0.15, -0.1) is 6.42 Å². The molecule has 7 aliphatic rings. The average Bonchev–Trinajstić information content (AvgIpc) is 3.76. The maximum Gasteiger partial charge on any atom is 0.333 e. The Kier molecular flexibility index (Phi) is 19.8. The summed E-state index contributed by atoms with van der Waals surface area (Å²) in [5.74, 6) is -1.97. The minimum atomic E-state index is -1.17. The summed E-state index contributed by atoms with van der Waals surface area (Å²) in [6.07, 6.45) is 2.74. The van der Waals surface area contributed by atoms with E-state index < -0.39 is 103 Å². The van der Waals surface area contributed by atoms with Crippen molar-refractivity contribution in [1.82, 2.24) is 19.1 Å². The Morgan fingerprint density at radius 2 is 1.23 bits per heavy atom. The molecule has 7 fully saturated rings. The van der Waals surface area contributed by atoms with Crippen LogP contribution < -0.4 is 16.6 Å². The number of amides is 1. The molecule has 0 saturated carbocycles. The molecule has 7 saturated heterocycles. The van der Waals surface area contributed by atoms with Gasteiger partial charge in [-0.2, -0.15) is 4.98 Å². The predicted molar refractivity (Wildman–Crippen MR) is 254 cm³/mol. The molecule has 2 aromatic rings. The highest BCUT2D eigenvalue weighted by molar-refractivity contribution is 5.87. The summed E-state index contributed by atoms with van der Waals surface area (Å²) in [6, 6.07) is 0. The molecule has 26 heteroatoms. The molecule has 0 spiro atoms. The van der Waals surface area contributed by atoms with Crippen LogP contribution in [0.5, 0.6) is 0 Å². The molecular weight excluding hydrogens is 1000 g/mol. The van der Waals surface area contributed by atoms with E-state index in [0.717, 1.165) is 28.6 Å². The van der Waals surface area contributed by atoms with Gasteiger partial charge in [0.25, 0.3) is 5.56 Å².